The van der Waals surface area contributed by atoms with E-state index in [0.29, 0.717) is 0 Å². The van der Waals surface area contributed by atoms with Crippen molar-refractivity contribution in [3.63, 3.8) is 0 Å². The SMILES string of the molecule is C=C(C)c1cc2c3c(cccc3c1)CC=C2. The van der Waals surface area contributed by atoms with Gasteiger partial charge in [-0.15, -0.1) is 0 Å². The highest BCUT2D eigenvalue weighted by Gasteiger charge is 2.09. The van der Waals surface area contributed by atoms with Crippen LogP contribution < -0.4 is 0 Å². The topological polar surface area (TPSA) is 0 Å². The first kappa shape index (κ1) is 9.41. The first-order valence-electron chi connectivity index (χ1n) is 5.64. The molecule has 0 saturated carbocycles. The third-order valence-electron chi connectivity index (χ3n) is 3.22. The van der Waals surface area contributed by atoms with Crippen LogP contribution in [0.25, 0.3) is 22.4 Å². The molecule has 2 aromatic rings. The quantitative estimate of drug-likeness (QED) is 0.647. The Hall–Kier alpha value is -1.82. The Bertz CT molecular complexity index is 615. The molecule has 1 aliphatic carbocycles. The third kappa shape index (κ3) is 1.30. The maximum atomic E-state index is 4.02. The maximum absolute atomic E-state index is 4.02. The van der Waals surface area contributed by atoms with E-state index < -0.39 is 0 Å². The van der Waals surface area contributed by atoms with E-state index in [9.17, 15) is 0 Å². The van der Waals surface area contributed by atoms with E-state index >= 15 is 0 Å². The van der Waals surface area contributed by atoms with Gasteiger partial charge in [0.1, 0.15) is 0 Å². The van der Waals surface area contributed by atoms with Gasteiger partial charge < -0.3 is 0 Å². The molecule has 78 valence electrons. The van der Waals surface area contributed by atoms with Gasteiger partial charge in [0.25, 0.3) is 0 Å². The minimum absolute atomic E-state index is 1.05. The monoisotopic (exact) mass is 206 g/mol. The summed E-state index contributed by atoms with van der Waals surface area (Å²) in [5.41, 5.74) is 5.13. The van der Waals surface area contributed by atoms with Crippen molar-refractivity contribution in [3.8, 4) is 0 Å². The number of benzene rings is 2. The summed E-state index contributed by atoms with van der Waals surface area (Å²) < 4.78 is 0. The van der Waals surface area contributed by atoms with E-state index in [-0.39, 0.29) is 0 Å². The first-order valence-corrected chi connectivity index (χ1v) is 5.64. The summed E-state index contributed by atoms with van der Waals surface area (Å²) in [4.78, 5) is 0. The first-order chi connectivity index (χ1) is 7.75. The molecule has 0 heteroatoms. The molecule has 0 nitrogen and oxygen atoms in total. The Labute approximate surface area is 95.9 Å². The van der Waals surface area contributed by atoms with Crippen LogP contribution in [0.3, 0.4) is 0 Å². The summed E-state index contributed by atoms with van der Waals surface area (Å²) in [6, 6.07) is 11.0. The second-order valence-corrected chi connectivity index (χ2v) is 4.47. The minimum atomic E-state index is 1.05. The van der Waals surface area contributed by atoms with Crippen molar-refractivity contribution >= 4 is 22.4 Å². The van der Waals surface area contributed by atoms with Gasteiger partial charge in [0.05, 0.1) is 0 Å². The van der Waals surface area contributed by atoms with Crippen molar-refractivity contribution in [1.29, 1.82) is 0 Å². The molecule has 16 heavy (non-hydrogen) atoms. The fraction of sp³-hybridized carbons (Fsp3) is 0.125. The second kappa shape index (κ2) is 3.34. The van der Waals surface area contributed by atoms with Crippen LogP contribution in [0.15, 0.2) is 43.0 Å². The number of allylic oxidation sites excluding steroid dienone is 2. The Morgan fingerprint density at radius 2 is 2.12 bits per heavy atom. The molecule has 0 unspecified atom stereocenters. The molecule has 0 N–H and O–H groups in total. The normalized spacial score (nSPS) is 13.1. The fourth-order valence-corrected chi connectivity index (χ4v) is 2.40. The maximum Gasteiger partial charge on any atom is -0.00759 e. The summed E-state index contributed by atoms with van der Waals surface area (Å²) in [5.74, 6) is 0. The van der Waals surface area contributed by atoms with Crippen molar-refractivity contribution in [3.05, 3.63) is 59.7 Å². The van der Waals surface area contributed by atoms with E-state index in [1.807, 2.05) is 0 Å². The smallest absolute Gasteiger partial charge is 0.00759 e. The summed E-state index contributed by atoms with van der Waals surface area (Å²) >= 11 is 0. The molecule has 0 saturated heterocycles. The molecular formula is C16H14. The molecule has 3 rings (SSSR count). The molecule has 0 atom stereocenters. The van der Waals surface area contributed by atoms with Crippen molar-refractivity contribution < 1.29 is 0 Å². The predicted molar refractivity (Wildman–Crippen MR) is 71.4 cm³/mol. The summed E-state index contributed by atoms with van der Waals surface area (Å²) in [6.07, 6.45) is 5.51. The van der Waals surface area contributed by atoms with E-state index in [1.165, 1.54) is 27.5 Å². The Balaban J connectivity index is 2.43. The van der Waals surface area contributed by atoms with Gasteiger partial charge in [-0.3, -0.25) is 0 Å². The van der Waals surface area contributed by atoms with Crippen molar-refractivity contribution in [2.24, 2.45) is 0 Å². The average molecular weight is 206 g/mol. The predicted octanol–water partition coefficient (Wildman–Crippen LogP) is 4.44. The van der Waals surface area contributed by atoms with Crippen molar-refractivity contribution in [2.75, 3.05) is 0 Å². The largest absolute Gasteiger partial charge is 0.0955 e. The second-order valence-electron chi connectivity index (χ2n) is 4.47. The highest BCUT2D eigenvalue weighted by molar-refractivity contribution is 5.97. The Kier molecular flexibility index (Phi) is 1.97. The fourth-order valence-electron chi connectivity index (χ4n) is 2.40. The van der Waals surface area contributed by atoms with Crippen LogP contribution in [0.4, 0.5) is 0 Å². The molecule has 0 amide bonds. The lowest BCUT2D eigenvalue weighted by molar-refractivity contribution is 1.29. The standard InChI is InChI=1S/C16H14/c1-11(2)15-9-13-7-3-5-12-6-4-8-14(10-15)16(12)13/h3-5,7-10H,1,6H2,2H3. The van der Waals surface area contributed by atoms with Crippen LogP contribution in [0, 0.1) is 0 Å². The van der Waals surface area contributed by atoms with Gasteiger partial charge in [-0.2, -0.15) is 0 Å². The van der Waals surface area contributed by atoms with Crippen LogP contribution in [-0.2, 0) is 6.42 Å². The zero-order valence-electron chi connectivity index (χ0n) is 9.46. The van der Waals surface area contributed by atoms with Gasteiger partial charge in [0.2, 0.25) is 0 Å². The van der Waals surface area contributed by atoms with Crippen LogP contribution >= 0.6 is 0 Å². The van der Waals surface area contributed by atoms with Gasteiger partial charge in [0.15, 0.2) is 0 Å². The van der Waals surface area contributed by atoms with Crippen LogP contribution in [-0.4, -0.2) is 0 Å². The van der Waals surface area contributed by atoms with E-state index in [0.717, 1.165) is 12.0 Å². The molecule has 0 aromatic heterocycles. The third-order valence-corrected chi connectivity index (χ3v) is 3.22. The molecule has 0 radical (unpaired) electrons. The zero-order valence-corrected chi connectivity index (χ0v) is 9.46. The average Bonchev–Trinajstić information content (AvgIpc) is 2.29. The molecule has 2 aromatic carbocycles. The summed E-state index contributed by atoms with van der Waals surface area (Å²) in [7, 11) is 0. The van der Waals surface area contributed by atoms with Gasteiger partial charge in [-0.05, 0) is 52.9 Å². The Morgan fingerprint density at radius 1 is 1.25 bits per heavy atom. The van der Waals surface area contributed by atoms with Crippen molar-refractivity contribution in [2.45, 2.75) is 13.3 Å². The molecule has 0 aliphatic heterocycles. The summed E-state index contributed by atoms with van der Waals surface area (Å²) in [6.45, 7) is 6.08. The van der Waals surface area contributed by atoms with Gasteiger partial charge in [-0.25, -0.2) is 0 Å². The van der Waals surface area contributed by atoms with E-state index in [1.54, 1.807) is 0 Å². The number of rotatable bonds is 1. The van der Waals surface area contributed by atoms with Crippen LogP contribution in [0.1, 0.15) is 23.6 Å². The highest BCUT2D eigenvalue weighted by Crippen LogP contribution is 2.31. The minimum Gasteiger partial charge on any atom is -0.0955 e. The lowest BCUT2D eigenvalue weighted by atomic mass is 9.90. The highest BCUT2D eigenvalue weighted by atomic mass is 14.1. The van der Waals surface area contributed by atoms with E-state index in [2.05, 4.69) is 56.0 Å². The van der Waals surface area contributed by atoms with Gasteiger partial charge >= 0.3 is 0 Å². The van der Waals surface area contributed by atoms with Crippen molar-refractivity contribution in [1.82, 2.24) is 0 Å². The lowest BCUT2D eigenvalue weighted by Crippen LogP contribution is -1.94. The van der Waals surface area contributed by atoms with Crippen LogP contribution in [0.5, 0.6) is 0 Å². The zero-order chi connectivity index (χ0) is 11.1. The van der Waals surface area contributed by atoms with Gasteiger partial charge in [-0.1, -0.05) is 42.5 Å². The molecule has 0 spiro atoms. The summed E-state index contributed by atoms with van der Waals surface area (Å²) in [5, 5.41) is 2.74. The molecule has 0 bridgehead atoms. The molecule has 1 aliphatic rings. The molecule has 0 fully saturated rings. The lowest BCUT2D eigenvalue weighted by Gasteiger charge is -2.14. The van der Waals surface area contributed by atoms with Crippen LogP contribution in [0.2, 0.25) is 0 Å². The molecule has 0 heterocycles. The molecular weight excluding hydrogens is 192 g/mol. The Morgan fingerprint density at radius 3 is 2.94 bits per heavy atom. The number of hydrogen-bond acceptors (Lipinski definition) is 0. The number of hydrogen-bond donors (Lipinski definition) is 0. The van der Waals surface area contributed by atoms with E-state index in [4.69, 9.17) is 0 Å². The van der Waals surface area contributed by atoms with Gasteiger partial charge in [0, 0.05) is 0 Å².